The SMILES string of the molecule is N#CC(C(=O)O)C(=S)S. The molecule has 1 atom stereocenters. The van der Waals surface area contributed by atoms with Gasteiger partial charge in [0.05, 0.1) is 10.3 Å². The fourth-order valence-electron chi connectivity index (χ4n) is 0.216. The number of aliphatic carboxylic acids is 1. The highest BCUT2D eigenvalue weighted by molar-refractivity contribution is 8.11. The summed E-state index contributed by atoms with van der Waals surface area (Å²) in [6.07, 6.45) is 0. The van der Waals surface area contributed by atoms with E-state index in [1.165, 1.54) is 6.07 Å². The Kier molecular flexibility index (Phi) is 3.20. The summed E-state index contributed by atoms with van der Waals surface area (Å²) in [6, 6.07) is 1.48. The number of thiocarbonyl (C=S) groups is 1. The Bertz CT molecular complexity index is 169. The molecule has 0 aliphatic carbocycles. The second-order valence-electron chi connectivity index (χ2n) is 1.24. The number of carboxylic acid groups (broad SMARTS) is 1. The molecular weight excluding hydrogens is 158 g/mol. The summed E-state index contributed by atoms with van der Waals surface area (Å²) < 4.78 is -0.106. The number of nitrogens with zero attached hydrogens (tertiary/aromatic N) is 1. The Balaban J connectivity index is 4.22. The molecule has 0 aromatic heterocycles. The molecule has 0 fully saturated rings. The molecule has 0 aliphatic rings. The number of carboxylic acids is 1. The Morgan fingerprint density at radius 1 is 1.89 bits per heavy atom. The average Bonchev–Trinajstić information content (AvgIpc) is 1.64. The monoisotopic (exact) mass is 161 g/mol. The van der Waals surface area contributed by atoms with E-state index in [1.54, 1.807) is 0 Å². The lowest BCUT2D eigenvalue weighted by molar-refractivity contribution is -0.137. The molecule has 0 rings (SSSR count). The van der Waals surface area contributed by atoms with E-state index >= 15 is 0 Å². The molecule has 48 valence electrons. The number of nitriles is 1. The number of hydrogen-bond acceptors (Lipinski definition) is 3. The van der Waals surface area contributed by atoms with Gasteiger partial charge in [-0.2, -0.15) is 5.26 Å². The molecule has 0 heterocycles. The van der Waals surface area contributed by atoms with Gasteiger partial charge in [0.25, 0.3) is 0 Å². The van der Waals surface area contributed by atoms with Crippen LogP contribution in [0.1, 0.15) is 0 Å². The average molecular weight is 161 g/mol. The van der Waals surface area contributed by atoms with Crippen LogP contribution in [0.5, 0.6) is 0 Å². The second kappa shape index (κ2) is 3.43. The van der Waals surface area contributed by atoms with Crippen LogP contribution in [-0.2, 0) is 4.79 Å². The van der Waals surface area contributed by atoms with E-state index in [-0.39, 0.29) is 4.20 Å². The third-order valence-corrected chi connectivity index (χ3v) is 1.12. The van der Waals surface area contributed by atoms with E-state index in [2.05, 4.69) is 24.8 Å². The normalized spacial score (nSPS) is 11.6. The van der Waals surface area contributed by atoms with Crippen LogP contribution in [0.4, 0.5) is 0 Å². The molecule has 0 saturated heterocycles. The molecule has 3 nitrogen and oxygen atoms in total. The van der Waals surface area contributed by atoms with Crippen molar-refractivity contribution in [2.45, 2.75) is 0 Å². The zero-order chi connectivity index (χ0) is 7.44. The summed E-state index contributed by atoms with van der Waals surface area (Å²) in [5, 5.41) is 16.3. The minimum atomic E-state index is -1.26. The van der Waals surface area contributed by atoms with Crippen molar-refractivity contribution < 1.29 is 9.90 Å². The Hall–Kier alpha value is -0.600. The van der Waals surface area contributed by atoms with Gasteiger partial charge < -0.3 is 5.11 Å². The molecule has 0 saturated carbocycles. The van der Waals surface area contributed by atoms with Crippen LogP contribution in [0.15, 0.2) is 0 Å². The lowest BCUT2D eigenvalue weighted by atomic mass is 10.2. The third-order valence-electron chi connectivity index (χ3n) is 0.623. The molecule has 0 aliphatic heterocycles. The van der Waals surface area contributed by atoms with Crippen LogP contribution in [0.3, 0.4) is 0 Å². The summed E-state index contributed by atoms with van der Waals surface area (Å²) in [7, 11) is 0. The van der Waals surface area contributed by atoms with Crippen molar-refractivity contribution >= 4 is 35.0 Å². The summed E-state index contributed by atoms with van der Waals surface area (Å²) in [5.74, 6) is -2.51. The zero-order valence-corrected chi connectivity index (χ0v) is 5.95. The molecule has 5 heteroatoms. The Labute approximate surface area is 62.7 Å². The first kappa shape index (κ1) is 8.40. The van der Waals surface area contributed by atoms with Crippen LogP contribution >= 0.6 is 24.8 Å². The van der Waals surface area contributed by atoms with Gasteiger partial charge in [-0.3, -0.25) is 4.79 Å². The standard InChI is InChI=1S/C4H3NO2S2/c5-1-2(3(6)7)4(8)9/h2H,(H,6,7)(H,8,9). The Morgan fingerprint density at radius 2 is 2.33 bits per heavy atom. The lowest BCUT2D eigenvalue weighted by Gasteiger charge is -1.95. The van der Waals surface area contributed by atoms with Crippen molar-refractivity contribution in [2.75, 3.05) is 0 Å². The minimum absolute atomic E-state index is 0.106. The predicted octanol–water partition coefficient (Wildman–Crippen LogP) is 0.468. The maximum absolute atomic E-state index is 10.0. The molecule has 0 aromatic carbocycles. The number of thiol groups is 1. The highest BCUT2D eigenvalue weighted by Crippen LogP contribution is 2.01. The molecule has 1 N–H and O–H groups in total. The van der Waals surface area contributed by atoms with Crippen molar-refractivity contribution in [3.8, 4) is 6.07 Å². The van der Waals surface area contributed by atoms with Gasteiger partial charge in [0.2, 0.25) is 0 Å². The minimum Gasteiger partial charge on any atom is -0.480 e. The number of carbonyl (C=O) groups is 1. The van der Waals surface area contributed by atoms with E-state index in [1.807, 2.05) is 0 Å². The van der Waals surface area contributed by atoms with Gasteiger partial charge in [0.15, 0.2) is 5.92 Å². The molecule has 0 amide bonds. The summed E-state index contributed by atoms with van der Waals surface area (Å²) in [4.78, 5) is 10.0. The van der Waals surface area contributed by atoms with E-state index < -0.39 is 11.9 Å². The van der Waals surface area contributed by atoms with Crippen LogP contribution in [0.2, 0.25) is 0 Å². The quantitative estimate of drug-likeness (QED) is 0.456. The van der Waals surface area contributed by atoms with Gasteiger partial charge >= 0.3 is 5.97 Å². The Morgan fingerprint density at radius 3 is 2.33 bits per heavy atom. The molecule has 1 unspecified atom stereocenters. The maximum atomic E-state index is 10.0. The fraction of sp³-hybridized carbons (Fsp3) is 0.250. The summed E-state index contributed by atoms with van der Waals surface area (Å²) in [6.45, 7) is 0. The molecule has 0 bridgehead atoms. The van der Waals surface area contributed by atoms with Gasteiger partial charge in [-0.1, -0.05) is 12.2 Å². The topological polar surface area (TPSA) is 61.1 Å². The summed E-state index contributed by atoms with van der Waals surface area (Å²) >= 11 is 7.89. The number of hydrogen-bond donors (Lipinski definition) is 2. The van der Waals surface area contributed by atoms with E-state index in [0.717, 1.165) is 0 Å². The summed E-state index contributed by atoms with van der Waals surface area (Å²) in [5.41, 5.74) is 0. The largest absolute Gasteiger partial charge is 0.480 e. The van der Waals surface area contributed by atoms with Crippen molar-refractivity contribution in [3.05, 3.63) is 0 Å². The van der Waals surface area contributed by atoms with Crippen LogP contribution in [0.25, 0.3) is 0 Å². The molecule has 9 heavy (non-hydrogen) atoms. The van der Waals surface area contributed by atoms with Crippen LogP contribution < -0.4 is 0 Å². The van der Waals surface area contributed by atoms with E-state index in [0.29, 0.717) is 0 Å². The lowest BCUT2D eigenvalue weighted by Crippen LogP contribution is -2.16. The van der Waals surface area contributed by atoms with Gasteiger partial charge in [0, 0.05) is 0 Å². The van der Waals surface area contributed by atoms with Gasteiger partial charge in [-0.15, -0.1) is 12.6 Å². The molecule has 0 spiro atoms. The molecular formula is C4H3NO2S2. The maximum Gasteiger partial charge on any atom is 0.326 e. The molecule has 0 radical (unpaired) electrons. The van der Waals surface area contributed by atoms with E-state index in [4.69, 9.17) is 10.4 Å². The van der Waals surface area contributed by atoms with Gasteiger partial charge in [-0.05, 0) is 0 Å². The first-order chi connectivity index (χ1) is 4.09. The highest BCUT2D eigenvalue weighted by Gasteiger charge is 2.18. The van der Waals surface area contributed by atoms with Crippen molar-refractivity contribution in [1.82, 2.24) is 0 Å². The smallest absolute Gasteiger partial charge is 0.326 e. The van der Waals surface area contributed by atoms with Crippen LogP contribution in [0, 0.1) is 17.2 Å². The zero-order valence-electron chi connectivity index (χ0n) is 4.24. The third kappa shape index (κ3) is 2.44. The first-order valence-corrected chi connectivity index (χ1v) is 2.80. The first-order valence-electron chi connectivity index (χ1n) is 1.95. The molecule has 0 aromatic rings. The number of rotatable bonds is 2. The van der Waals surface area contributed by atoms with Crippen molar-refractivity contribution in [2.24, 2.45) is 5.92 Å². The van der Waals surface area contributed by atoms with Crippen LogP contribution in [-0.4, -0.2) is 15.3 Å². The highest BCUT2D eigenvalue weighted by atomic mass is 32.1. The van der Waals surface area contributed by atoms with Gasteiger partial charge in [-0.25, -0.2) is 0 Å². The fourth-order valence-corrected chi connectivity index (χ4v) is 0.538. The van der Waals surface area contributed by atoms with Gasteiger partial charge in [0.1, 0.15) is 0 Å². The van der Waals surface area contributed by atoms with E-state index in [9.17, 15) is 4.79 Å². The van der Waals surface area contributed by atoms with Crippen molar-refractivity contribution in [3.63, 3.8) is 0 Å². The van der Waals surface area contributed by atoms with Crippen molar-refractivity contribution in [1.29, 1.82) is 5.26 Å². The second-order valence-corrected chi connectivity index (χ2v) is 2.46. The predicted molar refractivity (Wildman–Crippen MR) is 38.3 cm³/mol.